The number of carbonyl (C=O) groups excluding carboxylic acids is 1. The predicted molar refractivity (Wildman–Crippen MR) is 82.9 cm³/mol. The van der Waals surface area contributed by atoms with Crippen LogP contribution in [-0.2, 0) is 6.54 Å². The molecule has 0 aliphatic carbocycles. The van der Waals surface area contributed by atoms with Crippen molar-refractivity contribution >= 4 is 32.7 Å². The van der Waals surface area contributed by atoms with E-state index in [0.717, 1.165) is 15.5 Å². The molecule has 0 atom stereocenters. The molecule has 3 aromatic rings. The molecule has 0 bridgehead atoms. The Morgan fingerprint density at radius 2 is 2.00 bits per heavy atom. The summed E-state index contributed by atoms with van der Waals surface area (Å²) in [4.78, 5) is 16.5. The van der Waals surface area contributed by atoms with Crippen LogP contribution in [0.25, 0.3) is 11.0 Å². The van der Waals surface area contributed by atoms with Crippen LogP contribution in [0, 0.1) is 11.3 Å². The molecule has 0 radical (unpaired) electrons. The molecular weight excluding hydrogens is 330 g/mol. The van der Waals surface area contributed by atoms with E-state index in [9.17, 15) is 4.79 Å². The molecule has 5 heteroatoms. The van der Waals surface area contributed by atoms with Crippen molar-refractivity contribution in [2.24, 2.45) is 0 Å². The number of nitrogens with zero attached hydrogens (tertiary/aromatic N) is 3. The molecule has 0 unspecified atom stereocenters. The summed E-state index contributed by atoms with van der Waals surface area (Å²) in [6.07, 6.45) is 1.63. The Kier molecular flexibility index (Phi) is 3.55. The minimum absolute atomic E-state index is 0.00385. The van der Waals surface area contributed by atoms with E-state index in [-0.39, 0.29) is 12.3 Å². The van der Waals surface area contributed by atoms with Gasteiger partial charge in [0, 0.05) is 10.0 Å². The Morgan fingerprint density at radius 3 is 2.71 bits per heavy atom. The van der Waals surface area contributed by atoms with Crippen LogP contribution >= 0.6 is 15.9 Å². The Labute approximate surface area is 129 Å². The molecule has 1 aromatic heterocycles. The summed E-state index contributed by atoms with van der Waals surface area (Å²) in [7, 11) is 0. The summed E-state index contributed by atoms with van der Waals surface area (Å²) in [5.41, 5.74) is 2.77. The molecule has 0 N–H and O–H groups in total. The van der Waals surface area contributed by atoms with Gasteiger partial charge in [-0.15, -0.1) is 0 Å². The molecule has 2 aromatic carbocycles. The number of ketones is 1. The van der Waals surface area contributed by atoms with E-state index >= 15 is 0 Å². The van der Waals surface area contributed by atoms with E-state index in [1.54, 1.807) is 41.2 Å². The monoisotopic (exact) mass is 339 g/mol. The smallest absolute Gasteiger partial charge is 0.182 e. The Bertz CT molecular complexity index is 859. The maximum atomic E-state index is 12.3. The molecule has 4 nitrogen and oxygen atoms in total. The molecule has 0 aliphatic rings. The van der Waals surface area contributed by atoms with E-state index in [1.165, 1.54) is 0 Å². The first kappa shape index (κ1) is 13.5. The summed E-state index contributed by atoms with van der Waals surface area (Å²) >= 11 is 3.35. The average molecular weight is 340 g/mol. The van der Waals surface area contributed by atoms with Gasteiger partial charge >= 0.3 is 0 Å². The van der Waals surface area contributed by atoms with Gasteiger partial charge in [0.25, 0.3) is 0 Å². The Balaban J connectivity index is 1.93. The van der Waals surface area contributed by atoms with Crippen LogP contribution < -0.4 is 0 Å². The number of rotatable bonds is 3. The Hall–Kier alpha value is -2.45. The number of hydrogen-bond donors (Lipinski definition) is 0. The zero-order chi connectivity index (χ0) is 14.8. The standard InChI is InChI=1S/C16H10BrN3O/c17-13-4-2-12(3-5-13)16(21)9-20-10-19-14-6-1-11(8-18)7-15(14)20/h1-7,10H,9H2. The molecule has 102 valence electrons. The van der Waals surface area contributed by atoms with Crippen LogP contribution in [0.1, 0.15) is 15.9 Å². The van der Waals surface area contributed by atoms with Gasteiger partial charge < -0.3 is 4.57 Å². The minimum Gasteiger partial charge on any atom is -0.323 e. The zero-order valence-electron chi connectivity index (χ0n) is 11.0. The highest BCUT2D eigenvalue weighted by atomic mass is 79.9. The number of fused-ring (bicyclic) bond motifs is 1. The summed E-state index contributed by atoms with van der Waals surface area (Å²) in [5, 5.41) is 8.96. The number of halogens is 1. The second kappa shape index (κ2) is 5.51. The van der Waals surface area contributed by atoms with Gasteiger partial charge in [-0.05, 0) is 30.3 Å². The van der Waals surface area contributed by atoms with Crippen molar-refractivity contribution in [3.8, 4) is 6.07 Å². The maximum Gasteiger partial charge on any atom is 0.182 e. The second-order valence-corrected chi connectivity index (χ2v) is 5.53. The maximum absolute atomic E-state index is 12.3. The van der Waals surface area contributed by atoms with Gasteiger partial charge in [-0.3, -0.25) is 4.79 Å². The van der Waals surface area contributed by atoms with Gasteiger partial charge in [0.1, 0.15) is 0 Å². The van der Waals surface area contributed by atoms with Gasteiger partial charge in [-0.1, -0.05) is 28.1 Å². The number of hydrogen-bond acceptors (Lipinski definition) is 3. The molecule has 0 spiro atoms. The third-order valence-corrected chi connectivity index (χ3v) is 3.76. The van der Waals surface area contributed by atoms with Crippen LogP contribution in [-0.4, -0.2) is 15.3 Å². The van der Waals surface area contributed by atoms with Crippen molar-refractivity contribution in [1.82, 2.24) is 9.55 Å². The third-order valence-electron chi connectivity index (χ3n) is 3.23. The van der Waals surface area contributed by atoms with Crippen LogP contribution in [0.5, 0.6) is 0 Å². The van der Waals surface area contributed by atoms with E-state index in [4.69, 9.17) is 5.26 Å². The first-order valence-electron chi connectivity index (χ1n) is 6.31. The topological polar surface area (TPSA) is 58.7 Å². The lowest BCUT2D eigenvalue weighted by Gasteiger charge is -2.04. The fraction of sp³-hybridized carbons (Fsp3) is 0.0625. The van der Waals surface area contributed by atoms with Gasteiger partial charge in [0.2, 0.25) is 0 Å². The lowest BCUT2D eigenvalue weighted by molar-refractivity contribution is 0.0973. The van der Waals surface area contributed by atoms with Crippen LogP contribution in [0.15, 0.2) is 53.3 Å². The number of carbonyl (C=O) groups is 1. The van der Waals surface area contributed by atoms with E-state index in [0.29, 0.717) is 11.1 Å². The Morgan fingerprint density at radius 1 is 1.24 bits per heavy atom. The first-order chi connectivity index (χ1) is 10.2. The van der Waals surface area contributed by atoms with Gasteiger partial charge in [0.05, 0.1) is 35.5 Å². The van der Waals surface area contributed by atoms with Crippen molar-refractivity contribution in [1.29, 1.82) is 5.26 Å². The van der Waals surface area contributed by atoms with Crippen LogP contribution in [0.3, 0.4) is 0 Å². The molecule has 0 aliphatic heterocycles. The van der Waals surface area contributed by atoms with Gasteiger partial charge in [-0.25, -0.2) is 4.98 Å². The SMILES string of the molecule is N#Cc1ccc2ncn(CC(=O)c3ccc(Br)cc3)c2c1. The summed E-state index contributed by atoms with van der Waals surface area (Å²) in [6.45, 7) is 0.201. The van der Waals surface area contributed by atoms with Crippen molar-refractivity contribution in [2.75, 3.05) is 0 Å². The van der Waals surface area contributed by atoms with Crippen molar-refractivity contribution in [3.63, 3.8) is 0 Å². The predicted octanol–water partition coefficient (Wildman–Crippen LogP) is 3.55. The fourth-order valence-electron chi connectivity index (χ4n) is 2.13. The molecule has 0 amide bonds. The lowest BCUT2D eigenvalue weighted by Crippen LogP contribution is -2.09. The summed E-state index contributed by atoms with van der Waals surface area (Å²) in [5.74, 6) is 0.00385. The molecule has 0 saturated carbocycles. The fourth-order valence-corrected chi connectivity index (χ4v) is 2.40. The molecular formula is C16H10BrN3O. The number of nitriles is 1. The molecule has 0 fully saturated rings. The lowest BCUT2D eigenvalue weighted by atomic mass is 10.1. The molecule has 0 saturated heterocycles. The zero-order valence-corrected chi connectivity index (χ0v) is 12.5. The molecule has 21 heavy (non-hydrogen) atoms. The van der Waals surface area contributed by atoms with Crippen LogP contribution in [0.2, 0.25) is 0 Å². The van der Waals surface area contributed by atoms with E-state index in [1.807, 2.05) is 12.1 Å². The highest BCUT2D eigenvalue weighted by molar-refractivity contribution is 9.10. The van der Waals surface area contributed by atoms with E-state index < -0.39 is 0 Å². The largest absolute Gasteiger partial charge is 0.323 e. The summed E-state index contributed by atoms with van der Waals surface area (Å²) in [6, 6.07) is 14.6. The summed E-state index contributed by atoms with van der Waals surface area (Å²) < 4.78 is 2.70. The number of Topliss-reactive ketones (excluding diaryl/α,β-unsaturated/α-hetero) is 1. The second-order valence-electron chi connectivity index (χ2n) is 4.62. The van der Waals surface area contributed by atoms with Gasteiger partial charge in [0.15, 0.2) is 5.78 Å². The third kappa shape index (κ3) is 2.71. The number of benzene rings is 2. The van der Waals surface area contributed by atoms with Crippen molar-refractivity contribution < 1.29 is 4.79 Å². The minimum atomic E-state index is 0.00385. The average Bonchev–Trinajstić information content (AvgIpc) is 2.90. The highest BCUT2D eigenvalue weighted by Crippen LogP contribution is 2.16. The van der Waals surface area contributed by atoms with E-state index in [2.05, 4.69) is 27.0 Å². The normalized spacial score (nSPS) is 10.5. The quantitative estimate of drug-likeness (QED) is 0.685. The first-order valence-corrected chi connectivity index (χ1v) is 7.10. The van der Waals surface area contributed by atoms with Gasteiger partial charge in [-0.2, -0.15) is 5.26 Å². The molecule has 3 rings (SSSR count). The number of aromatic nitrogens is 2. The molecule has 1 heterocycles. The van der Waals surface area contributed by atoms with Crippen molar-refractivity contribution in [3.05, 3.63) is 64.4 Å². The number of imidazole rings is 1. The van der Waals surface area contributed by atoms with Crippen LogP contribution in [0.4, 0.5) is 0 Å². The van der Waals surface area contributed by atoms with Crippen molar-refractivity contribution in [2.45, 2.75) is 6.54 Å². The highest BCUT2D eigenvalue weighted by Gasteiger charge is 2.10.